The smallest absolute Gasteiger partial charge is 0.251 e. The third-order valence-electron chi connectivity index (χ3n) is 3.69. The highest BCUT2D eigenvalue weighted by Crippen LogP contribution is 2.15. The molecular formula is C20H23IN2O2. The van der Waals surface area contributed by atoms with Crippen molar-refractivity contribution in [2.45, 2.75) is 33.7 Å². The van der Waals surface area contributed by atoms with Crippen molar-refractivity contribution in [3.63, 3.8) is 0 Å². The van der Waals surface area contributed by atoms with Gasteiger partial charge in [0.05, 0.1) is 0 Å². The molecule has 2 aromatic rings. The Morgan fingerprint density at radius 2 is 1.88 bits per heavy atom. The summed E-state index contributed by atoms with van der Waals surface area (Å²) in [6.45, 7) is 6.45. The molecular weight excluding hydrogens is 427 g/mol. The van der Waals surface area contributed by atoms with Gasteiger partial charge in [-0.1, -0.05) is 32.0 Å². The summed E-state index contributed by atoms with van der Waals surface area (Å²) in [6, 6.07) is 13.2. The van der Waals surface area contributed by atoms with Crippen LogP contribution in [-0.4, -0.2) is 11.8 Å². The second-order valence-corrected chi connectivity index (χ2v) is 7.66. The highest BCUT2D eigenvalue weighted by Gasteiger charge is 2.08. The minimum Gasteiger partial charge on any atom is -0.348 e. The van der Waals surface area contributed by atoms with E-state index in [1.165, 1.54) is 0 Å². The maximum absolute atomic E-state index is 12.3. The summed E-state index contributed by atoms with van der Waals surface area (Å²) >= 11 is 2.23. The first-order valence-electron chi connectivity index (χ1n) is 8.28. The number of carbonyl (C=O) groups excluding carboxylic acids is 2. The third kappa shape index (κ3) is 6.16. The number of carbonyl (C=O) groups is 2. The standard InChI is InChI=1S/C20H23IN2O2/c1-13(2)9-19(24)23-17-6-4-5-15(10-17)12-22-20(25)16-8-7-14(3)18(21)11-16/h4-8,10-11,13H,9,12H2,1-3H3,(H,22,25)(H,23,24). The van der Waals surface area contributed by atoms with Crippen molar-refractivity contribution >= 4 is 40.1 Å². The number of benzene rings is 2. The zero-order valence-electron chi connectivity index (χ0n) is 14.7. The fourth-order valence-corrected chi connectivity index (χ4v) is 2.88. The van der Waals surface area contributed by atoms with Crippen LogP contribution in [0, 0.1) is 16.4 Å². The first-order valence-corrected chi connectivity index (χ1v) is 9.36. The third-order valence-corrected chi connectivity index (χ3v) is 4.85. The summed E-state index contributed by atoms with van der Waals surface area (Å²) in [4.78, 5) is 24.1. The molecule has 0 spiro atoms. The molecule has 2 rings (SSSR count). The van der Waals surface area contributed by atoms with Crippen molar-refractivity contribution in [1.29, 1.82) is 0 Å². The zero-order chi connectivity index (χ0) is 18.4. The lowest BCUT2D eigenvalue weighted by atomic mass is 10.1. The maximum Gasteiger partial charge on any atom is 0.251 e. The van der Waals surface area contributed by atoms with Gasteiger partial charge in [-0.15, -0.1) is 0 Å². The van der Waals surface area contributed by atoms with E-state index in [2.05, 4.69) is 33.2 Å². The van der Waals surface area contributed by atoms with Gasteiger partial charge in [0.15, 0.2) is 0 Å². The Balaban J connectivity index is 1.96. The van der Waals surface area contributed by atoms with Gasteiger partial charge >= 0.3 is 0 Å². The quantitative estimate of drug-likeness (QED) is 0.637. The Bertz CT molecular complexity index is 772. The van der Waals surface area contributed by atoms with Gasteiger partial charge in [0.25, 0.3) is 5.91 Å². The van der Waals surface area contributed by atoms with Gasteiger partial charge in [-0.2, -0.15) is 0 Å². The normalized spacial score (nSPS) is 10.6. The van der Waals surface area contributed by atoms with E-state index >= 15 is 0 Å². The summed E-state index contributed by atoms with van der Waals surface area (Å²) in [6.07, 6.45) is 0.493. The Hall–Kier alpha value is -1.89. The first kappa shape index (κ1) is 19.4. The largest absolute Gasteiger partial charge is 0.348 e. The molecule has 0 heterocycles. The molecule has 2 N–H and O–H groups in total. The SMILES string of the molecule is Cc1ccc(C(=O)NCc2cccc(NC(=O)CC(C)C)c2)cc1I. The number of hydrogen-bond acceptors (Lipinski definition) is 2. The number of hydrogen-bond donors (Lipinski definition) is 2. The number of amides is 2. The summed E-state index contributed by atoms with van der Waals surface area (Å²) in [5.74, 6) is 0.220. The lowest BCUT2D eigenvalue weighted by Crippen LogP contribution is -2.23. The van der Waals surface area contributed by atoms with Crippen LogP contribution in [0.15, 0.2) is 42.5 Å². The van der Waals surface area contributed by atoms with Crippen LogP contribution in [0.5, 0.6) is 0 Å². The maximum atomic E-state index is 12.3. The van der Waals surface area contributed by atoms with Gasteiger partial charge in [0.1, 0.15) is 0 Å². The van der Waals surface area contributed by atoms with Crippen molar-refractivity contribution < 1.29 is 9.59 Å². The molecule has 2 amide bonds. The minimum atomic E-state index is -0.104. The molecule has 0 aromatic heterocycles. The molecule has 0 atom stereocenters. The van der Waals surface area contributed by atoms with E-state index in [0.717, 1.165) is 20.4 Å². The number of nitrogens with one attached hydrogen (secondary N) is 2. The molecule has 5 heteroatoms. The topological polar surface area (TPSA) is 58.2 Å². The van der Waals surface area contributed by atoms with Crippen LogP contribution in [0.4, 0.5) is 5.69 Å². The van der Waals surface area contributed by atoms with Gasteiger partial charge in [-0.3, -0.25) is 9.59 Å². The van der Waals surface area contributed by atoms with Crippen molar-refractivity contribution in [2.24, 2.45) is 5.92 Å². The van der Waals surface area contributed by atoms with Gasteiger partial charge in [-0.25, -0.2) is 0 Å². The van der Waals surface area contributed by atoms with Crippen LogP contribution < -0.4 is 10.6 Å². The molecule has 0 bridgehead atoms. The van der Waals surface area contributed by atoms with Crippen molar-refractivity contribution in [1.82, 2.24) is 5.32 Å². The minimum absolute atomic E-state index is 0.00501. The number of aryl methyl sites for hydroxylation is 1. The number of anilines is 1. The van der Waals surface area contributed by atoms with Crippen molar-refractivity contribution in [3.05, 3.63) is 62.7 Å². The van der Waals surface area contributed by atoms with Crippen LogP contribution >= 0.6 is 22.6 Å². The Kier molecular flexibility index (Phi) is 6.99. The van der Waals surface area contributed by atoms with Gasteiger partial charge in [-0.05, 0) is 70.8 Å². The van der Waals surface area contributed by atoms with Crippen LogP contribution in [0.1, 0.15) is 41.8 Å². The zero-order valence-corrected chi connectivity index (χ0v) is 16.9. The molecule has 0 fully saturated rings. The highest BCUT2D eigenvalue weighted by molar-refractivity contribution is 14.1. The molecule has 25 heavy (non-hydrogen) atoms. The average molecular weight is 450 g/mol. The van der Waals surface area contributed by atoms with Gasteiger partial charge in [0, 0.05) is 27.8 Å². The Morgan fingerprint density at radius 3 is 2.56 bits per heavy atom. The molecule has 0 unspecified atom stereocenters. The van der Waals surface area contributed by atoms with Crippen LogP contribution in [-0.2, 0) is 11.3 Å². The van der Waals surface area contributed by atoms with E-state index in [4.69, 9.17) is 0 Å². The molecule has 0 aliphatic carbocycles. The van der Waals surface area contributed by atoms with Crippen LogP contribution in [0.3, 0.4) is 0 Å². The van der Waals surface area contributed by atoms with E-state index in [0.29, 0.717) is 24.4 Å². The Labute approximate surface area is 162 Å². The van der Waals surface area contributed by atoms with Gasteiger partial charge in [0.2, 0.25) is 5.91 Å². The summed E-state index contributed by atoms with van der Waals surface area (Å²) in [5.41, 5.74) is 3.50. The molecule has 132 valence electrons. The molecule has 0 aliphatic heterocycles. The second-order valence-electron chi connectivity index (χ2n) is 6.49. The lowest BCUT2D eigenvalue weighted by molar-refractivity contribution is -0.116. The highest BCUT2D eigenvalue weighted by atomic mass is 127. The molecule has 0 aliphatic rings. The Morgan fingerprint density at radius 1 is 1.12 bits per heavy atom. The summed E-state index contributed by atoms with van der Waals surface area (Å²) in [5, 5.41) is 5.81. The van der Waals surface area contributed by atoms with E-state index in [1.807, 2.05) is 63.2 Å². The summed E-state index contributed by atoms with van der Waals surface area (Å²) < 4.78 is 1.07. The van der Waals surface area contributed by atoms with Gasteiger partial charge < -0.3 is 10.6 Å². The van der Waals surface area contributed by atoms with E-state index in [1.54, 1.807) is 0 Å². The monoisotopic (exact) mass is 450 g/mol. The molecule has 0 radical (unpaired) electrons. The predicted molar refractivity (Wildman–Crippen MR) is 110 cm³/mol. The van der Waals surface area contributed by atoms with E-state index in [9.17, 15) is 9.59 Å². The van der Waals surface area contributed by atoms with Crippen LogP contribution in [0.2, 0.25) is 0 Å². The van der Waals surface area contributed by atoms with E-state index < -0.39 is 0 Å². The predicted octanol–water partition coefficient (Wildman–Crippen LogP) is 4.51. The molecule has 0 saturated heterocycles. The van der Waals surface area contributed by atoms with Crippen LogP contribution in [0.25, 0.3) is 0 Å². The average Bonchev–Trinajstić information content (AvgIpc) is 2.54. The lowest BCUT2D eigenvalue weighted by Gasteiger charge is -2.10. The summed E-state index contributed by atoms with van der Waals surface area (Å²) in [7, 11) is 0. The number of rotatable bonds is 6. The fourth-order valence-electron chi connectivity index (χ4n) is 2.36. The molecule has 4 nitrogen and oxygen atoms in total. The second kappa shape index (κ2) is 8.99. The first-order chi connectivity index (χ1) is 11.8. The van der Waals surface area contributed by atoms with Crippen molar-refractivity contribution in [2.75, 3.05) is 5.32 Å². The van der Waals surface area contributed by atoms with E-state index in [-0.39, 0.29) is 11.8 Å². The van der Waals surface area contributed by atoms with Crippen molar-refractivity contribution in [3.8, 4) is 0 Å². The molecule has 2 aromatic carbocycles. The number of halogens is 1. The fraction of sp³-hybridized carbons (Fsp3) is 0.300. The molecule has 0 saturated carbocycles.